The number of anilines is 1. The number of aromatic nitrogens is 2. The number of nitrogens with two attached hydrogens (primary N) is 2. The van der Waals surface area contributed by atoms with Crippen LogP contribution in [0.15, 0.2) is 70.7 Å². The number of pyridine rings is 1. The Morgan fingerprint density at radius 1 is 1.22 bits per heavy atom. The van der Waals surface area contributed by atoms with E-state index in [0.717, 1.165) is 29.7 Å². The van der Waals surface area contributed by atoms with Crippen LogP contribution in [0.2, 0.25) is 0 Å². The molecule has 0 radical (unpaired) electrons. The molecule has 1 aliphatic carbocycles. The van der Waals surface area contributed by atoms with Crippen molar-refractivity contribution in [1.29, 1.82) is 0 Å². The zero-order valence-electron chi connectivity index (χ0n) is 22.9. The SMILES string of the molecule is CNC(=O)/C(N)=C(/C=C(\N)NC(=O)C1CC1)Nc1cccc(-c2ccc(C(=S)N(C)Cc3cscn3)nc2)c1OC. The summed E-state index contributed by atoms with van der Waals surface area (Å²) in [5.74, 6) is -0.178. The number of thiazole rings is 1. The van der Waals surface area contributed by atoms with Gasteiger partial charge in [-0.1, -0.05) is 30.4 Å². The first-order chi connectivity index (χ1) is 19.7. The number of amides is 2. The maximum absolute atomic E-state index is 12.4. The molecule has 1 aromatic carbocycles. The standard InChI is InChI=1S/C28H32N8O3S2/c1-31-27(38)24(30)22(11-23(29)35-26(37)16-7-8-16)34-20-6-4-5-19(25(20)39-3)17-9-10-21(32-12-17)28(40)36(2)13-18-14-41-15-33-18/h4-6,9-12,14-16,34H,7-8,13,29-30H2,1-3H3,(H,31,38)(H,35,37)/b23-11+,24-22+. The van der Waals surface area contributed by atoms with Crippen molar-refractivity contribution < 1.29 is 14.3 Å². The highest BCUT2D eigenvalue weighted by Gasteiger charge is 2.29. The van der Waals surface area contributed by atoms with Gasteiger partial charge in [0.2, 0.25) is 5.91 Å². The number of hydrogen-bond acceptors (Lipinski definition) is 10. The average Bonchev–Trinajstić information content (AvgIpc) is 3.72. The van der Waals surface area contributed by atoms with Gasteiger partial charge < -0.3 is 37.1 Å². The Kier molecular flexibility index (Phi) is 9.53. The molecule has 0 saturated heterocycles. The van der Waals surface area contributed by atoms with Crippen LogP contribution in [-0.2, 0) is 16.1 Å². The highest BCUT2D eigenvalue weighted by atomic mass is 32.1. The van der Waals surface area contributed by atoms with Crippen LogP contribution in [0.5, 0.6) is 5.75 Å². The van der Waals surface area contributed by atoms with Crippen LogP contribution in [0, 0.1) is 5.92 Å². The zero-order valence-corrected chi connectivity index (χ0v) is 24.6. The number of likely N-dealkylation sites (N-methyl/N-ethyl adjacent to an activating group) is 1. The Bertz CT molecular complexity index is 1480. The number of allylic oxidation sites excluding steroid dienone is 1. The average molecular weight is 593 g/mol. The van der Waals surface area contributed by atoms with Gasteiger partial charge in [0.25, 0.3) is 5.91 Å². The van der Waals surface area contributed by atoms with Crippen LogP contribution in [0.25, 0.3) is 11.1 Å². The van der Waals surface area contributed by atoms with Crippen molar-refractivity contribution >= 4 is 46.0 Å². The minimum Gasteiger partial charge on any atom is -0.494 e. The summed E-state index contributed by atoms with van der Waals surface area (Å²) in [5.41, 5.74) is 17.7. The molecule has 0 unspecified atom stereocenters. The number of rotatable bonds is 11. The predicted octanol–water partition coefficient (Wildman–Crippen LogP) is 2.68. The Balaban J connectivity index is 1.59. The lowest BCUT2D eigenvalue weighted by Crippen LogP contribution is -2.31. The zero-order chi connectivity index (χ0) is 29.5. The van der Waals surface area contributed by atoms with Crippen molar-refractivity contribution in [3.8, 4) is 16.9 Å². The summed E-state index contributed by atoms with van der Waals surface area (Å²) in [6.07, 6.45) is 4.79. The molecule has 4 rings (SSSR count). The van der Waals surface area contributed by atoms with Crippen molar-refractivity contribution in [2.75, 3.05) is 26.5 Å². The van der Waals surface area contributed by atoms with E-state index in [4.69, 9.17) is 28.4 Å². The first kappa shape index (κ1) is 29.5. The van der Waals surface area contributed by atoms with E-state index in [1.54, 1.807) is 24.9 Å². The third-order valence-electron chi connectivity index (χ3n) is 6.29. The molecule has 214 valence electrons. The van der Waals surface area contributed by atoms with E-state index in [-0.39, 0.29) is 29.0 Å². The fourth-order valence-electron chi connectivity index (χ4n) is 3.95. The quantitative estimate of drug-likeness (QED) is 0.127. The first-order valence-electron chi connectivity index (χ1n) is 12.7. The molecule has 0 atom stereocenters. The fraction of sp³-hybridized carbons (Fsp3) is 0.250. The molecule has 2 aromatic heterocycles. The maximum atomic E-state index is 12.4. The van der Waals surface area contributed by atoms with Crippen molar-refractivity contribution in [1.82, 2.24) is 25.5 Å². The molecule has 0 aliphatic heterocycles. The molecular weight excluding hydrogens is 560 g/mol. The van der Waals surface area contributed by atoms with E-state index in [1.165, 1.54) is 24.5 Å². The van der Waals surface area contributed by atoms with Gasteiger partial charge in [0.15, 0.2) is 0 Å². The third-order valence-corrected chi connectivity index (χ3v) is 7.44. The van der Waals surface area contributed by atoms with Crippen LogP contribution < -0.4 is 32.2 Å². The predicted molar refractivity (Wildman–Crippen MR) is 164 cm³/mol. The van der Waals surface area contributed by atoms with Crippen molar-refractivity contribution in [2.24, 2.45) is 17.4 Å². The summed E-state index contributed by atoms with van der Waals surface area (Å²) in [7, 11) is 4.92. The van der Waals surface area contributed by atoms with E-state index in [1.807, 2.05) is 41.6 Å². The molecule has 1 aliphatic rings. The molecule has 11 nitrogen and oxygen atoms in total. The summed E-state index contributed by atoms with van der Waals surface area (Å²) >= 11 is 7.18. The molecule has 1 fully saturated rings. The summed E-state index contributed by atoms with van der Waals surface area (Å²) in [5, 5.41) is 10.3. The minimum atomic E-state index is -0.518. The monoisotopic (exact) mass is 592 g/mol. The normalized spacial score (nSPS) is 13.6. The van der Waals surface area contributed by atoms with Gasteiger partial charge >= 0.3 is 0 Å². The van der Waals surface area contributed by atoms with E-state index in [2.05, 4.69) is 25.9 Å². The molecule has 0 bridgehead atoms. The Hall–Kier alpha value is -4.49. The molecule has 2 amide bonds. The topological polar surface area (TPSA) is 161 Å². The largest absolute Gasteiger partial charge is 0.494 e. The lowest BCUT2D eigenvalue weighted by molar-refractivity contribution is -0.121. The molecule has 13 heteroatoms. The van der Waals surface area contributed by atoms with Gasteiger partial charge in [-0.15, -0.1) is 11.3 Å². The summed E-state index contributed by atoms with van der Waals surface area (Å²) in [6.45, 7) is 0.589. The third kappa shape index (κ3) is 7.38. The first-order valence-corrected chi connectivity index (χ1v) is 14.1. The fourth-order valence-corrected chi connectivity index (χ4v) is 4.69. The lowest BCUT2D eigenvalue weighted by Gasteiger charge is -2.19. The van der Waals surface area contributed by atoms with Gasteiger partial charge in [-0.3, -0.25) is 14.6 Å². The van der Waals surface area contributed by atoms with Crippen molar-refractivity contribution in [3.05, 3.63) is 82.1 Å². The number of hydrogen-bond donors (Lipinski definition) is 5. The molecule has 1 saturated carbocycles. The number of thiocarbonyl (C=S) groups is 1. The number of nitrogens with one attached hydrogen (secondary N) is 3. The lowest BCUT2D eigenvalue weighted by atomic mass is 10.0. The Labute approximate surface area is 247 Å². The van der Waals surface area contributed by atoms with Crippen LogP contribution in [0.3, 0.4) is 0 Å². The number of methoxy groups -OCH3 is 1. The molecular formula is C28H32N8O3S2. The minimum absolute atomic E-state index is 0.0388. The van der Waals surface area contributed by atoms with Gasteiger partial charge in [-0.2, -0.15) is 0 Å². The highest BCUT2D eigenvalue weighted by Crippen LogP contribution is 2.37. The summed E-state index contributed by atoms with van der Waals surface area (Å²) in [6, 6.07) is 9.26. The van der Waals surface area contributed by atoms with E-state index < -0.39 is 5.91 Å². The number of carbonyl (C=O) groups excluding carboxylic acids is 2. The number of nitrogens with zero attached hydrogens (tertiary/aromatic N) is 3. The second-order valence-corrected chi connectivity index (χ2v) is 10.5. The molecule has 0 spiro atoms. The number of ether oxygens (including phenoxy) is 1. The second kappa shape index (κ2) is 13.2. The van der Waals surface area contributed by atoms with E-state index in [0.29, 0.717) is 28.7 Å². The summed E-state index contributed by atoms with van der Waals surface area (Å²) in [4.78, 5) is 36.0. The van der Waals surface area contributed by atoms with Crippen LogP contribution in [0.4, 0.5) is 5.69 Å². The van der Waals surface area contributed by atoms with Crippen molar-refractivity contribution in [3.63, 3.8) is 0 Å². The van der Waals surface area contributed by atoms with Gasteiger partial charge in [0.1, 0.15) is 22.3 Å². The van der Waals surface area contributed by atoms with Crippen LogP contribution >= 0.6 is 23.6 Å². The maximum Gasteiger partial charge on any atom is 0.269 e. The molecule has 41 heavy (non-hydrogen) atoms. The van der Waals surface area contributed by atoms with Gasteiger partial charge in [0.05, 0.1) is 41.9 Å². The Morgan fingerprint density at radius 3 is 2.61 bits per heavy atom. The van der Waals surface area contributed by atoms with Crippen molar-refractivity contribution in [2.45, 2.75) is 19.4 Å². The highest BCUT2D eigenvalue weighted by molar-refractivity contribution is 7.80. The smallest absolute Gasteiger partial charge is 0.269 e. The molecule has 7 N–H and O–H groups in total. The van der Waals surface area contributed by atoms with Crippen LogP contribution in [0.1, 0.15) is 24.2 Å². The van der Waals surface area contributed by atoms with Gasteiger partial charge in [0, 0.05) is 48.8 Å². The van der Waals surface area contributed by atoms with E-state index >= 15 is 0 Å². The van der Waals surface area contributed by atoms with Gasteiger partial charge in [-0.25, -0.2) is 4.98 Å². The number of carbonyl (C=O) groups is 2. The summed E-state index contributed by atoms with van der Waals surface area (Å²) < 4.78 is 5.77. The number of benzene rings is 1. The molecule has 3 aromatic rings. The number of para-hydroxylation sites is 1. The molecule has 2 heterocycles. The second-order valence-electron chi connectivity index (χ2n) is 9.35. The van der Waals surface area contributed by atoms with Crippen LogP contribution in [-0.4, -0.2) is 52.9 Å². The van der Waals surface area contributed by atoms with E-state index in [9.17, 15) is 9.59 Å². The van der Waals surface area contributed by atoms with Gasteiger partial charge in [-0.05, 0) is 25.0 Å². The Morgan fingerprint density at radius 2 is 2.00 bits per heavy atom.